The second-order valence-corrected chi connectivity index (χ2v) is 4.40. The number of halogens is 1. The summed E-state index contributed by atoms with van der Waals surface area (Å²) in [5, 5.41) is 3.95. The Morgan fingerprint density at radius 1 is 1.54 bits per heavy atom. The number of anilines is 1. The Kier molecular flexibility index (Phi) is 2.44. The highest BCUT2D eigenvalue weighted by Crippen LogP contribution is 2.28. The molecule has 13 heavy (non-hydrogen) atoms. The van der Waals surface area contributed by atoms with Gasteiger partial charge in [0.25, 0.3) is 0 Å². The van der Waals surface area contributed by atoms with Gasteiger partial charge in [0.05, 0.1) is 12.2 Å². The van der Waals surface area contributed by atoms with Crippen LogP contribution in [0.3, 0.4) is 0 Å². The Hall–Kier alpha value is -0.710. The van der Waals surface area contributed by atoms with Crippen molar-refractivity contribution >= 4 is 17.4 Å². The maximum absolute atomic E-state index is 13.3. The van der Waals surface area contributed by atoms with E-state index < -0.39 is 0 Å². The normalized spacial score (nSPS) is 19.2. The van der Waals surface area contributed by atoms with E-state index >= 15 is 0 Å². The van der Waals surface area contributed by atoms with Crippen molar-refractivity contribution in [1.29, 1.82) is 0 Å². The van der Waals surface area contributed by atoms with Crippen LogP contribution in [0.5, 0.6) is 0 Å². The third-order valence-corrected chi connectivity index (χ3v) is 3.35. The molecule has 0 spiro atoms. The van der Waals surface area contributed by atoms with Crippen LogP contribution in [0.1, 0.15) is 18.9 Å². The lowest BCUT2D eigenvalue weighted by Gasteiger charge is -2.21. The van der Waals surface area contributed by atoms with E-state index in [0.29, 0.717) is 0 Å². The fourth-order valence-corrected chi connectivity index (χ4v) is 2.63. The first-order chi connectivity index (χ1) is 6.29. The highest BCUT2D eigenvalue weighted by atomic mass is 32.2. The molecule has 0 amide bonds. The fourth-order valence-electron chi connectivity index (χ4n) is 1.54. The van der Waals surface area contributed by atoms with Gasteiger partial charge in [-0.15, -0.1) is 0 Å². The highest BCUT2D eigenvalue weighted by Gasteiger charge is 2.20. The van der Waals surface area contributed by atoms with Crippen molar-refractivity contribution in [3.05, 3.63) is 12.1 Å². The summed E-state index contributed by atoms with van der Waals surface area (Å²) in [7, 11) is 0. The molecule has 3 nitrogen and oxygen atoms in total. The van der Waals surface area contributed by atoms with Crippen LogP contribution in [-0.2, 0) is 0 Å². The molecule has 5 heteroatoms. The van der Waals surface area contributed by atoms with Gasteiger partial charge >= 0.3 is 0 Å². The predicted octanol–water partition coefficient (Wildman–Crippen LogP) is 1.67. The predicted molar refractivity (Wildman–Crippen MR) is 52.2 cm³/mol. The number of nitrogens with zero attached hydrogens (tertiary/aromatic N) is 2. The van der Waals surface area contributed by atoms with Gasteiger partial charge in [0.2, 0.25) is 5.95 Å². The standard InChI is InChI=1S/C8H12FN3S/c9-8-7(10)5-11-12(8)6-1-3-13-4-2-6/h5-6H,1-4,10H2. The summed E-state index contributed by atoms with van der Waals surface area (Å²) in [5.74, 6) is 1.80. The summed E-state index contributed by atoms with van der Waals surface area (Å²) < 4.78 is 14.7. The van der Waals surface area contributed by atoms with Crippen LogP contribution >= 0.6 is 11.8 Å². The molecule has 0 aliphatic carbocycles. The highest BCUT2D eigenvalue weighted by molar-refractivity contribution is 7.99. The number of thioether (sulfide) groups is 1. The molecule has 1 fully saturated rings. The quantitative estimate of drug-likeness (QED) is 0.751. The SMILES string of the molecule is Nc1cnn(C2CCSCC2)c1F. The molecule has 2 rings (SSSR count). The van der Waals surface area contributed by atoms with E-state index in [1.807, 2.05) is 11.8 Å². The number of nitrogen functional groups attached to an aromatic ring is 1. The molecule has 1 aliphatic heterocycles. The minimum Gasteiger partial charge on any atom is -0.394 e. The monoisotopic (exact) mass is 201 g/mol. The third-order valence-electron chi connectivity index (χ3n) is 2.30. The van der Waals surface area contributed by atoms with Crippen LogP contribution in [0, 0.1) is 5.95 Å². The van der Waals surface area contributed by atoms with E-state index in [-0.39, 0.29) is 17.7 Å². The van der Waals surface area contributed by atoms with Crippen molar-refractivity contribution in [1.82, 2.24) is 9.78 Å². The first kappa shape index (κ1) is 8.87. The molecular weight excluding hydrogens is 189 g/mol. The summed E-state index contributed by atoms with van der Waals surface area (Å²) in [6.07, 6.45) is 3.36. The van der Waals surface area contributed by atoms with Crippen LogP contribution in [0.4, 0.5) is 10.1 Å². The molecule has 0 saturated carbocycles. The van der Waals surface area contributed by atoms with Crippen molar-refractivity contribution in [3.8, 4) is 0 Å². The average molecular weight is 201 g/mol. The van der Waals surface area contributed by atoms with Crippen molar-refractivity contribution in [3.63, 3.8) is 0 Å². The molecule has 0 bridgehead atoms. The van der Waals surface area contributed by atoms with Gasteiger partial charge in [-0.25, -0.2) is 4.68 Å². The zero-order chi connectivity index (χ0) is 9.26. The van der Waals surface area contributed by atoms with E-state index in [9.17, 15) is 4.39 Å². The van der Waals surface area contributed by atoms with Crippen molar-refractivity contribution in [2.45, 2.75) is 18.9 Å². The second-order valence-electron chi connectivity index (χ2n) is 3.18. The largest absolute Gasteiger partial charge is 0.394 e. The number of hydrogen-bond acceptors (Lipinski definition) is 3. The zero-order valence-electron chi connectivity index (χ0n) is 7.24. The maximum Gasteiger partial charge on any atom is 0.234 e. The molecule has 0 aromatic carbocycles. The number of hydrogen-bond donors (Lipinski definition) is 1. The molecular formula is C8H12FN3S. The number of rotatable bonds is 1. The van der Waals surface area contributed by atoms with Crippen LogP contribution in [0.25, 0.3) is 0 Å². The first-order valence-electron chi connectivity index (χ1n) is 4.35. The summed E-state index contributed by atoms with van der Waals surface area (Å²) in [4.78, 5) is 0. The zero-order valence-corrected chi connectivity index (χ0v) is 8.06. The van der Waals surface area contributed by atoms with E-state index in [0.717, 1.165) is 24.3 Å². The maximum atomic E-state index is 13.3. The lowest BCUT2D eigenvalue weighted by atomic mass is 10.2. The summed E-state index contributed by atoms with van der Waals surface area (Å²) in [5.41, 5.74) is 5.53. The average Bonchev–Trinajstić information content (AvgIpc) is 2.49. The Morgan fingerprint density at radius 2 is 2.23 bits per heavy atom. The molecule has 0 radical (unpaired) electrons. The smallest absolute Gasteiger partial charge is 0.234 e. The number of nitrogens with two attached hydrogens (primary N) is 1. The second kappa shape index (κ2) is 3.57. The molecule has 0 atom stereocenters. The van der Waals surface area contributed by atoms with Gasteiger partial charge in [-0.1, -0.05) is 0 Å². The van der Waals surface area contributed by atoms with Crippen molar-refractivity contribution < 1.29 is 4.39 Å². The lowest BCUT2D eigenvalue weighted by Crippen LogP contribution is -2.18. The molecule has 1 aliphatic rings. The van der Waals surface area contributed by atoms with Gasteiger partial charge in [-0.3, -0.25) is 0 Å². The third kappa shape index (κ3) is 1.65. The Labute approximate surface area is 80.5 Å². The molecule has 0 unspecified atom stereocenters. The Bertz CT molecular complexity index is 294. The summed E-state index contributed by atoms with van der Waals surface area (Å²) >= 11 is 1.91. The van der Waals surface area contributed by atoms with Gasteiger partial charge < -0.3 is 5.73 Å². The van der Waals surface area contributed by atoms with Gasteiger partial charge in [0, 0.05) is 0 Å². The topological polar surface area (TPSA) is 43.8 Å². The Morgan fingerprint density at radius 3 is 2.77 bits per heavy atom. The summed E-state index contributed by atoms with van der Waals surface area (Å²) in [6.45, 7) is 0. The van der Waals surface area contributed by atoms with E-state index in [4.69, 9.17) is 5.73 Å². The minimum atomic E-state index is -0.378. The van der Waals surface area contributed by atoms with Crippen LogP contribution in [0.15, 0.2) is 6.20 Å². The molecule has 72 valence electrons. The van der Waals surface area contributed by atoms with Gasteiger partial charge in [-0.05, 0) is 24.3 Å². The minimum absolute atomic E-state index is 0.151. The van der Waals surface area contributed by atoms with Crippen LogP contribution in [-0.4, -0.2) is 21.3 Å². The molecule has 1 aromatic heterocycles. The molecule has 1 aromatic rings. The van der Waals surface area contributed by atoms with Gasteiger partial charge in [0.1, 0.15) is 5.69 Å². The molecule has 1 saturated heterocycles. The lowest BCUT2D eigenvalue weighted by molar-refractivity contribution is 0.358. The van der Waals surface area contributed by atoms with Crippen LogP contribution in [0.2, 0.25) is 0 Å². The fraction of sp³-hybridized carbons (Fsp3) is 0.625. The molecule has 2 N–H and O–H groups in total. The van der Waals surface area contributed by atoms with Crippen LogP contribution < -0.4 is 5.73 Å². The molecule has 2 heterocycles. The van der Waals surface area contributed by atoms with Crippen molar-refractivity contribution in [2.24, 2.45) is 0 Å². The summed E-state index contributed by atoms with van der Waals surface area (Å²) in [6, 6.07) is 0.207. The first-order valence-corrected chi connectivity index (χ1v) is 5.50. The van der Waals surface area contributed by atoms with E-state index in [1.54, 1.807) is 0 Å². The van der Waals surface area contributed by atoms with E-state index in [2.05, 4.69) is 5.10 Å². The Balaban J connectivity index is 2.18. The van der Waals surface area contributed by atoms with Gasteiger partial charge in [0.15, 0.2) is 0 Å². The van der Waals surface area contributed by atoms with Crippen molar-refractivity contribution in [2.75, 3.05) is 17.2 Å². The number of aromatic nitrogens is 2. The van der Waals surface area contributed by atoms with Gasteiger partial charge in [-0.2, -0.15) is 21.3 Å². The van der Waals surface area contributed by atoms with E-state index in [1.165, 1.54) is 10.9 Å².